The molecule has 2 nitrogen and oxygen atoms in total. The summed E-state index contributed by atoms with van der Waals surface area (Å²) in [6, 6.07) is 0. The fraction of sp³-hybridized carbons (Fsp3) is 1.00. The SMILES string of the molecule is CCCCCCOC1(C)CCN(C)CC1. The van der Waals surface area contributed by atoms with E-state index in [4.69, 9.17) is 4.74 Å². The lowest BCUT2D eigenvalue weighted by Gasteiger charge is -2.37. The Kier molecular flexibility index (Phi) is 5.62. The van der Waals surface area contributed by atoms with Gasteiger partial charge in [0.25, 0.3) is 0 Å². The second-order valence-corrected chi connectivity index (χ2v) is 5.16. The predicted molar refractivity (Wildman–Crippen MR) is 65.2 cm³/mol. The summed E-state index contributed by atoms with van der Waals surface area (Å²) in [6.07, 6.45) is 7.60. The Labute approximate surface area is 95.0 Å². The van der Waals surface area contributed by atoms with Crippen molar-refractivity contribution in [2.75, 3.05) is 26.7 Å². The molecule has 2 heteroatoms. The molecule has 1 rings (SSSR count). The van der Waals surface area contributed by atoms with Crippen molar-refractivity contribution in [1.82, 2.24) is 4.90 Å². The molecule has 0 atom stereocenters. The number of piperidine rings is 1. The summed E-state index contributed by atoms with van der Waals surface area (Å²) in [6.45, 7) is 7.86. The van der Waals surface area contributed by atoms with E-state index in [1.807, 2.05) is 0 Å². The first kappa shape index (κ1) is 13.0. The van der Waals surface area contributed by atoms with Crippen LogP contribution in [0.15, 0.2) is 0 Å². The zero-order chi connectivity index (χ0) is 11.1. The summed E-state index contributed by atoms with van der Waals surface area (Å²) in [7, 11) is 2.20. The molecule has 0 N–H and O–H groups in total. The van der Waals surface area contributed by atoms with Gasteiger partial charge >= 0.3 is 0 Å². The molecule has 0 spiro atoms. The van der Waals surface area contributed by atoms with Crippen molar-refractivity contribution in [1.29, 1.82) is 0 Å². The molecule has 15 heavy (non-hydrogen) atoms. The lowest BCUT2D eigenvalue weighted by molar-refractivity contribution is -0.0688. The Balaban J connectivity index is 2.08. The van der Waals surface area contributed by atoms with Crippen molar-refractivity contribution in [3.8, 4) is 0 Å². The Morgan fingerprint density at radius 2 is 1.80 bits per heavy atom. The number of likely N-dealkylation sites (tertiary alicyclic amines) is 1. The van der Waals surface area contributed by atoms with Gasteiger partial charge in [0.15, 0.2) is 0 Å². The van der Waals surface area contributed by atoms with Crippen molar-refractivity contribution in [3.63, 3.8) is 0 Å². The van der Waals surface area contributed by atoms with Gasteiger partial charge in [0.05, 0.1) is 5.60 Å². The quantitative estimate of drug-likeness (QED) is 0.629. The molecule has 0 aliphatic carbocycles. The van der Waals surface area contributed by atoms with Gasteiger partial charge in [0.1, 0.15) is 0 Å². The maximum absolute atomic E-state index is 6.04. The number of hydrogen-bond donors (Lipinski definition) is 0. The molecule has 0 unspecified atom stereocenters. The van der Waals surface area contributed by atoms with E-state index >= 15 is 0 Å². The molecule has 1 saturated heterocycles. The van der Waals surface area contributed by atoms with Crippen LogP contribution in [0.3, 0.4) is 0 Å². The van der Waals surface area contributed by atoms with Crippen LogP contribution in [0.4, 0.5) is 0 Å². The van der Waals surface area contributed by atoms with E-state index in [0.29, 0.717) is 0 Å². The third kappa shape index (κ3) is 4.98. The van der Waals surface area contributed by atoms with Gasteiger partial charge in [0, 0.05) is 19.7 Å². The molecule has 0 aromatic rings. The van der Waals surface area contributed by atoms with Crippen LogP contribution >= 0.6 is 0 Å². The zero-order valence-electron chi connectivity index (χ0n) is 10.7. The molecule has 0 aromatic carbocycles. The van der Waals surface area contributed by atoms with Crippen LogP contribution in [0.1, 0.15) is 52.4 Å². The molecule has 0 aromatic heterocycles. The highest BCUT2D eigenvalue weighted by Crippen LogP contribution is 2.25. The number of ether oxygens (including phenoxy) is 1. The van der Waals surface area contributed by atoms with Gasteiger partial charge in [-0.3, -0.25) is 0 Å². The first-order chi connectivity index (χ1) is 7.16. The minimum absolute atomic E-state index is 0.165. The van der Waals surface area contributed by atoms with E-state index in [1.54, 1.807) is 0 Å². The van der Waals surface area contributed by atoms with E-state index in [1.165, 1.54) is 51.6 Å². The highest BCUT2D eigenvalue weighted by molar-refractivity contribution is 4.82. The third-order valence-corrected chi connectivity index (χ3v) is 3.49. The molecule has 90 valence electrons. The van der Waals surface area contributed by atoms with Crippen LogP contribution in [0.25, 0.3) is 0 Å². The van der Waals surface area contributed by atoms with Crippen LogP contribution < -0.4 is 0 Å². The van der Waals surface area contributed by atoms with Crippen LogP contribution in [0.5, 0.6) is 0 Å². The smallest absolute Gasteiger partial charge is 0.0678 e. The normalized spacial score (nSPS) is 21.8. The molecule has 1 fully saturated rings. The Hall–Kier alpha value is -0.0800. The van der Waals surface area contributed by atoms with E-state index in [0.717, 1.165) is 6.61 Å². The van der Waals surface area contributed by atoms with Gasteiger partial charge in [-0.2, -0.15) is 0 Å². The van der Waals surface area contributed by atoms with Gasteiger partial charge in [0.2, 0.25) is 0 Å². The van der Waals surface area contributed by atoms with Crippen LogP contribution in [0, 0.1) is 0 Å². The first-order valence-corrected chi connectivity index (χ1v) is 6.49. The largest absolute Gasteiger partial charge is 0.375 e. The molecular formula is C13H27NO. The molecule has 1 heterocycles. The van der Waals surface area contributed by atoms with Crippen molar-refractivity contribution >= 4 is 0 Å². The van der Waals surface area contributed by atoms with Crippen LogP contribution in [0.2, 0.25) is 0 Å². The topological polar surface area (TPSA) is 12.5 Å². The van der Waals surface area contributed by atoms with E-state index in [9.17, 15) is 0 Å². The van der Waals surface area contributed by atoms with E-state index < -0.39 is 0 Å². The predicted octanol–water partition coefficient (Wildman–Crippen LogP) is 3.07. The molecule has 0 radical (unpaired) electrons. The number of rotatable bonds is 6. The number of hydrogen-bond acceptors (Lipinski definition) is 2. The van der Waals surface area contributed by atoms with Gasteiger partial charge < -0.3 is 9.64 Å². The molecular weight excluding hydrogens is 186 g/mol. The Morgan fingerprint density at radius 1 is 1.13 bits per heavy atom. The molecule has 0 bridgehead atoms. The monoisotopic (exact) mass is 213 g/mol. The fourth-order valence-electron chi connectivity index (χ4n) is 2.08. The first-order valence-electron chi connectivity index (χ1n) is 6.49. The minimum Gasteiger partial charge on any atom is -0.375 e. The second-order valence-electron chi connectivity index (χ2n) is 5.16. The van der Waals surface area contributed by atoms with E-state index in [2.05, 4.69) is 25.8 Å². The summed E-state index contributed by atoms with van der Waals surface area (Å²) < 4.78 is 6.04. The van der Waals surface area contributed by atoms with Crippen molar-refractivity contribution in [2.24, 2.45) is 0 Å². The summed E-state index contributed by atoms with van der Waals surface area (Å²) in [5.41, 5.74) is 0.165. The van der Waals surface area contributed by atoms with Crippen molar-refractivity contribution in [3.05, 3.63) is 0 Å². The number of nitrogens with zero attached hydrogens (tertiary/aromatic N) is 1. The van der Waals surface area contributed by atoms with Gasteiger partial charge in [-0.25, -0.2) is 0 Å². The van der Waals surface area contributed by atoms with Crippen LogP contribution in [-0.4, -0.2) is 37.2 Å². The lowest BCUT2D eigenvalue weighted by atomic mass is 9.93. The van der Waals surface area contributed by atoms with E-state index in [-0.39, 0.29) is 5.60 Å². The standard InChI is InChI=1S/C13H27NO/c1-4-5-6-7-12-15-13(2)8-10-14(3)11-9-13/h4-12H2,1-3H3. The maximum Gasteiger partial charge on any atom is 0.0678 e. The summed E-state index contributed by atoms with van der Waals surface area (Å²) in [5, 5.41) is 0. The molecule has 0 amide bonds. The molecule has 1 aliphatic rings. The average Bonchev–Trinajstić information content (AvgIpc) is 2.23. The number of unbranched alkanes of at least 4 members (excludes halogenated alkanes) is 3. The average molecular weight is 213 g/mol. The van der Waals surface area contributed by atoms with Crippen molar-refractivity contribution in [2.45, 2.75) is 58.0 Å². The fourth-order valence-corrected chi connectivity index (χ4v) is 2.08. The molecule has 1 aliphatic heterocycles. The lowest BCUT2D eigenvalue weighted by Crippen LogP contribution is -2.42. The highest BCUT2D eigenvalue weighted by Gasteiger charge is 2.29. The maximum atomic E-state index is 6.04. The van der Waals surface area contributed by atoms with Crippen molar-refractivity contribution < 1.29 is 4.74 Å². The second kappa shape index (κ2) is 6.49. The van der Waals surface area contributed by atoms with Gasteiger partial charge in [-0.15, -0.1) is 0 Å². The summed E-state index contributed by atoms with van der Waals surface area (Å²) >= 11 is 0. The molecule has 0 saturated carbocycles. The van der Waals surface area contributed by atoms with Gasteiger partial charge in [-0.1, -0.05) is 26.2 Å². The minimum atomic E-state index is 0.165. The third-order valence-electron chi connectivity index (χ3n) is 3.49. The Bertz CT molecular complexity index is 162. The zero-order valence-corrected chi connectivity index (χ0v) is 10.7. The van der Waals surface area contributed by atoms with Gasteiger partial charge in [-0.05, 0) is 33.2 Å². The highest BCUT2D eigenvalue weighted by atomic mass is 16.5. The summed E-state index contributed by atoms with van der Waals surface area (Å²) in [5.74, 6) is 0. The van der Waals surface area contributed by atoms with Crippen LogP contribution in [-0.2, 0) is 4.74 Å². The summed E-state index contributed by atoms with van der Waals surface area (Å²) in [4.78, 5) is 2.39. The Morgan fingerprint density at radius 3 is 2.40 bits per heavy atom.